The fourth-order valence-electron chi connectivity index (χ4n) is 4.65. The lowest BCUT2D eigenvalue weighted by Gasteiger charge is -2.40. The number of urea groups is 1. The van der Waals surface area contributed by atoms with Gasteiger partial charge in [-0.1, -0.05) is 30.3 Å². The van der Waals surface area contributed by atoms with Crippen LogP contribution in [0.3, 0.4) is 0 Å². The second-order valence-corrected chi connectivity index (χ2v) is 9.58. The Morgan fingerprint density at radius 1 is 0.884 bits per heavy atom. The molecule has 1 heterocycles. The van der Waals surface area contributed by atoms with E-state index in [9.17, 15) is 27.6 Å². The molecule has 1 fully saturated rings. The average Bonchev–Trinajstić information content (AvgIpc) is 3.02. The molecule has 0 spiro atoms. The number of rotatable bonds is 8. The maximum Gasteiger partial charge on any atom is 0.416 e. The number of anilines is 1. The Hall–Kier alpha value is -4.94. The minimum absolute atomic E-state index is 0.000646. The van der Waals surface area contributed by atoms with Gasteiger partial charge in [-0.05, 0) is 42.0 Å². The topological polar surface area (TPSA) is 109 Å². The second-order valence-electron chi connectivity index (χ2n) is 9.58. The SMILES string of the molecule is COc1cc(C(=O)N2CCN(C(=O)Nc3ccc(C(F)(F)F)cc3)CC2C(=O)NCc2ccccc2)cc(OC)c1OC. The minimum atomic E-state index is -4.51. The zero-order chi connectivity index (χ0) is 31.1. The number of hydrogen-bond acceptors (Lipinski definition) is 6. The van der Waals surface area contributed by atoms with Crippen molar-refractivity contribution in [3.05, 3.63) is 83.4 Å². The van der Waals surface area contributed by atoms with Crippen molar-refractivity contribution in [2.24, 2.45) is 0 Å². The van der Waals surface area contributed by atoms with Crippen LogP contribution in [0.5, 0.6) is 17.2 Å². The van der Waals surface area contributed by atoms with E-state index in [1.165, 1.54) is 43.3 Å². The van der Waals surface area contributed by atoms with Gasteiger partial charge in [0.15, 0.2) is 11.5 Å². The lowest BCUT2D eigenvalue weighted by molar-refractivity contribution is -0.137. The molecule has 228 valence electrons. The van der Waals surface area contributed by atoms with Crippen LogP contribution in [-0.2, 0) is 17.5 Å². The lowest BCUT2D eigenvalue weighted by Crippen LogP contribution is -2.62. The van der Waals surface area contributed by atoms with Gasteiger partial charge in [-0.15, -0.1) is 0 Å². The predicted molar refractivity (Wildman–Crippen MR) is 151 cm³/mol. The molecule has 4 amide bonds. The van der Waals surface area contributed by atoms with Gasteiger partial charge in [-0.2, -0.15) is 13.2 Å². The van der Waals surface area contributed by atoms with Gasteiger partial charge in [0.2, 0.25) is 11.7 Å². The van der Waals surface area contributed by atoms with Gasteiger partial charge in [0.1, 0.15) is 6.04 Å². The number of piperazine rings is 1. The summed E-state index contributed by atoms with van der Waals surface area (Å²) in [5, 5.41) is 5.39. The Morgan fingerprint density at radius 3 is 2.07 bits per heavy atom. The summed E-state index contributed by atoms with van der Waals surface area (Å²) in [6, 6.07) is 14.5. The monoisotopic (exact) mass is 600 g/mol. The van der Waals surface area contributed by atoms with Crippen LogP contribution in [0.25, 0.3) is 0 Å². The molecule has 0 bridgehead atoms. The minimum Gasteiger partial charge on any atom is -0.493 e. The molecule has 3 aromatic rings. The molecule has 2 N–H and O–H groups in total. The number of carbonyl (C=O) groups is 3. The van der Waals surface area contributed by atoms with E-state index >= 15 is 0 Å². The van der Waals surface area contributed by atoms with Crippen LogP contribution in [0, 0.1) is 0 Å². The van der Waals surface area contributed by atoms with Crippen molar-refractivity contribution in [2.75, 3.05) is 46.3 Å². The van der Waals surface area contributed by atoms with E-state index in [-0.39, 0.29) is 48.9 Å². The van der Waals surface area contributed by atoms with Crippen molar-refractivity contribution >= 4 is 23.5 Å². The van der Waals surface area contributed by atoms with E-state index in [2.05, 4.69) is 10.6 Å². The van der Waals surface area contributed by atoms with Crippen LogP contribution < -0.4 is 24.8 Å². The molecule has 13 heteroatoms. The average molecular weight is 601 g/mol. The van der Waals surface area contributed by atoms with Gasteiger partial charge in [0, 0.05) is 30.9 Å². The first kappa shape index (κ1) is 31.0. The summed E-state index contributed by atoms with van der Waals surface area (Å²) in [4.78, 5) is 43.1. The zero-order valence-electron chi connectivity index (χ0n) is 23.7. The third-order valence-corrected chi connectivity index (χ3v) is 6.92. The quantitative estimate of drug-likeness (QED) is 0.397. The smallest absolute Gasteiger partial charge is 0.416 e. The maximum absolute atomic E-state index is 13.8. The molecule has 3 aromatic carbocycles. The van der Waals surface area contributed by atoms with E-state index < -0.39 is 35.6 Å². The molecule has 0 saturated carbocycles. The van der Waals surface area contributed by atoms with Crippen LogP contribution in [0.1, 0.15) is 21.5 Å². The number of halogens is 3. The molecule has 1 aliphatic heterocycles. The zero-order valence-corrected chi connectivity index (χ0v) is 23.7. The summed E-state index contributed by atoms with van der Waals surface area (Å²) >= 11 is 0. The number of alkyl halides is 3. The number of carbonyl (C=O) groups excluding carboxylic acids is 3. The van der Waals surface area contributed by atoms with Crippen molar-refractivity contribution in [1.29, 1.82) is 0 Å². The number of ether oxygens (including phenoxy) is 3. The first-order chi connectivity index (χ1) is 20.5. The Labute approximate surface area is 246 Å². The molecule has 1 unspecified atom stereocenters. The molecule has 43 heavy (non-hydrogen) atoms. The highest BCUT2D eigenvalue weighted by atomic mass is 19.4. The van der Waals surface area contributed by atoms with E-state index in [0.29, 0.717) is 5.75 Å². The third kappa shape index (κ3) is 7.29. The van der Waals surface area contributed by atoms with Crippen LogP contribution in [0.4, 0.5) is 23.7 Å². The van der Waals surface area contributed by atoms with Crippen molar-refractivity contribution < 1.29 is 41.8 Å². The molecule has 1 saturated heterocycles. The summed E-state index contributed by atoms with van der Waals surface area (Å²) in [5.41, 5.74) is 0.322. The van der Waals surface area contributed by atoms with Crippen LogP contribution in [0.2, 0.25) is 0 Å². The molecule has 0 aromatic heterocycles. The van der Waals surface area contributed by atoms with Crippen LogP contribution in [-0.4, -0.2) is 74.7 Å². The van der Waals surface area contributed by atoms with Gasteiger partial charge in [0.25, 0.3) is 5.91 Å². The van der Waals surface area contributed by atoms with E-state index in [1.807, 2.05) is 30.3 Å². The highest BCUT2D eigenvalue weighted by molar-refractivity contribution is 5.99. The van der Waals surface area contributed by atoms with E-state index in [1.54, 1.807) is 0 Å². The molecular weight excluding hydrogens is 569 g/mol. The van der Waals surface area contributed by atoms with Gasteiger partial charge in [-0.3, -0.25) is 9.59 Å². The Morgan fingerprint density at radius 2 is 1.51 bits per heavy atom. The number of nitrogens with zero attached hydrogens (tertiary/aromatic N) is 2. The maximum atomic E-state index is 13.8. The van der Waals surface area contributed by atoms with Gasteiger partial charge in [0.05, 0.1) is 33.4 Å². The lowest BCUT2D eigenvalue weighted by atomic mass is 10.1. The molecule has 0 radical (unpaired) electrons. The van der Waals surface area contributed by atoms with Crippen molar-refractivity contribution in [3.8, 4) is 17.2 Å². The van der Waals surface area contributed by atoms with E-state index in [0.717, 1.165) is 29.8 Å². The first-order valence-electron chi connectivity index (χ1n) is 13.2. The second kappa shape index (κ2) is 13.4. The van der Waals surface area contributed by atoms with Gasteiger partial charge < -0.3 is 34.6 Å². The fourth-order valence-corrected chi connectivity index (χ4v) is 4.65. The largest absolute Gasteiger partial charge is 0.493 e. The molecular formula is C30H31F3N4O6. The van der Waals surface area contributed by atoms with Crippen molar-refractivity contribution in [3.63, 3.8) is 0 Å². The fraction of sp³-hybridized carbons (Fsp3) is 0.300. The first-order valence-corrected chi connectivity index (χ1v) is 13.2. The summed E-state index contributed by atoms with van der Waals surface area (Å²) < 4.78 is 54.9. The molecule has 4 rings (SSSR count). The highest BCUT2D eigenvalue weighted by Gasteiger charge is 2.38. The van der Waals surface area contributed by atoms with Crippen molar-refractivity contribution in [2.45, 2.75) is 18.8 Å². The van der Waals surface area contributed by atoms with Crippen LogP contribution in [0.15, 0.2) is 66.7 Å². The number of hydrogen-bond donors (Lipinski definition) is 2. The highest BCUT2D eigenvalue weighted by Crippen LogP contribution is 2.38. The third-order valence-electron chi connectivity index (χ3n) is 6.92. The summed E-state index contributed by atoms with van der Waals surface area (Å²) in [5.74, 6) is -0.184. The Balaban J connectivity index is 1.56. The normalized spacial score (nSPS) is 15.0. The van der Waals surface area contributed by atoms with Gasteiger partial charge >= 0.3 is 12.2 Å². The number of amides is 4. The van der Waals surface area contributed by atoms with Crippen LogP contribution >= 0.6 is 0 Å². The number of benzene rings is 3. The summed E-state index contributed by atoms with van der Waals surface area (Å²) in [6.45, 7) is 0.0911. The molecule has 10 nitrogen and oxygen atoms in total. The number of methoxy groups -OCH3 is 3. The Kier molecular flexibility index (Phi) is 9.63. The van der Waals surface area contributed by atoms with Crippen molar-refractivity contribution in [1.82, 2.24) is 15.1 Å². The summed E-state index contributed by atoms with van der Waals surface area (Å²) in [6.07, 6.45) is -4.51. The standard InChI is InChI=1S/C30H31F3N4O6/c1-41-24-15-20(16-25(42-2)26(24)43-3)28(39)37-14-13-36(18-23(37)27(38)34-17-19-7-5-4-6-8-19)29(40)35-22-11-9-21(10-12-22)30(31,32)33/h4-12,15-16,23H,13-14,17-18H2,1-3H3,(H,34,38)(H,35,40). The summed E-state index contributed by atoms with van der Waals surface area (Å²) in [7, 11) is 4.27. The molecule has 1 atom stereocenters. The molecule has 1 aliphatic rings. The van der Waals surface area contributed by atoms with E-state index in [4.69, 9.17) is 14.2 Å². The van der Waals surface area contributed by atoms with Gasteiger partial charge in [-0.25, -0.2) is 4.79 Å². The molecule has 0 aliphatic carbocycles. The predicted octanol–water partition coefficient (Wildman–Crippen LogP) is 4.41. The number of nitrogens with one attached hydrogen (secondary N) is 2. The Bertz CT molecular complexity index is 1430.